The van der Waals surface area contributed by atoms with Gasteiger partial charge in [-0.1, -0.05) is 122 Å². The van der Waals surface area contributed by atoms with E-state index in [0.717, 1.165) is 19.3 Å². The van der Waals surface area contributed by atoms with Crippen molar-refractivity contribution in [3.05, 3.63) is 0 Å². The molecule has 2 atom stereocenters. The summed E-state index contributed by atoms with van der Waals surface area (Å²) in [4.78, 5) is -0.00300. The molecule has 0 saturated heterocycles. The molecule has 0 aromatic carbocycles. The van der Waals surface area contributed by atoms with Crippen molar-refractivity contribution in [3.8, 4) is 0 Å². The van der Waals surface area contributed by atoms with Crippen LogP contribution < -0.4 is 5.32 Å². The Morgan fingerprint density at radius 3 is 1.58 bits per heavy atom. The van der Waals surface area contributed by atoms with Gasteiger partial charge in [-0.15, -0.1) is 11.6 Å². The molecule has 0 aliphatic heterocycles. The molecule has 3 heteroatoms. The zero-order valence-corrected chi connectivity index (χ0v) is 22.4. The van der Waals surface area contributed by atoms with E-state index in [1.807, 2.05) is 14.1 Å². The van der Waals surface area contributed by atoms with Crippen molar-refractivity contribution < 1.29 is 5.11 Å². The minimum atomic E-state index is -0.00300. The zero-order chi connectivity index (χ0) is 23.0. The maximum absolute atomic E-state index is 9.30. The standard InChI is InChI=1S/C26H51ClO.C2H7N/c1-2-3-4-5-6-7-8-9-10-11-12-13-14-15-16-18-22-26(27)23-19-17-20-25(26)21-24-28;1-3-2/h25,28H,2-24H2,1H3;3H,1-2H3. The van der Waals surface area contributed by atoms with Crippen LogP contribution in [0, 0.1) is 5.92 Å². The van der Waals surface area contributed by atoms with Crippen molar-refractivity contribution in [2.24, 2.45) is 5.92 Å². The van der Waals surface area contributed by atoms with E-state index in [9.17, 15) is 5.11 Å². The summed E-state index contributed by atoms with van der Waals surface area (Å²) in [7, 11) is 3.75. The molecule has 188 valence electrons. The Labute approximate surface area is 201 Å². The summed E-state index contributed by atoms with van der Waals surface area (Å²) < 4.78 is 0. The topological polar surface area (TPSA) is 32.3 Å². The fourth-order valence-electron chi connectivity index (χ4n) is 5.13. The first-order chi connectivity index (χ1) is 15.1. The van der Waals surface area contributed by atoms with Gasteiger partial charge in [-0.3, -0.25) is 0 Å². The third kappa shape index (κ3) is 18.3. The maximum Gasteiger partial charge on any atom is 0.0475 e. The number of unbranched alkanes of at least 4 members (excludes halogenated alkanes) is 15. The minimum Gasteiger partial charge on any atom is -0.396 e. The Balaban J connectivity index is 0.00000282. The molecule has 1 aliphatic carbocycles. The highest BCUT2D eigenvalue weighted by molar-refractivity contribution is 6.24. The Morgan fingerprint density at radius 2 is 1.16 bits per heavy atom. The molecule has 0 heterocycles. The number of alkyl halides is 1. The van der Waals surface area contributed by atoms with E-state index in [-0.39, 0.29) is 4.87 Å². The summed E-state index contributed by atoms with van der Waals surface area (Å²) in [6, 6.07) is 0. The average Bonchev–Trinajstić information content (AvgIpc) is 2.76. The molecule has 2 N–H and O–H groups in total. The van der Waals surface area contributed by atoms with Crippen LogP contribution in [0.25, 0.3) is 0 Å². The summed E-state index contributed by atoms with van der Waals surface area (Å²) in [5.41, 5.74) is 0. The van der Waals surface area contributed by atoms with Crippen molar-refractivity contribution in [2.75, 3.05) is 20.7 Å². The number of rotatable bonds is 19. The molecule has 0 aromatic heterocycles. The molecule has 2 nitrogen and oxygen atoms in total. The summed E-state index contributed by atoms with van der Waals surface area (Å²) in [5, 5.41) is 12.1. The third-order valence-corrected chi connectivity index (χ3v) is 7.74. The summed E-state index contributed by atoms with van der Waals surface area (Å²) in [6.07, 6.45) is 29.8. The number of hydrogen-bond acceptors (Lipinski definition) is 2. The van der Waals surface area contributed by atoms with Gasteiger partial charge in [0.1, 0.15) is 0 Å². The minimum absolute atomic E-state index is 0.00300. The van der Waals surface area contributed by atoms with Crippen LogP contribution in [0.5, 0.6) is 0 Å². The summed E-state index contributed by atoms with van der Waals surface area (Å²) in [5.74, 6) is 0.546. The molecule has 1 saturated carbocycles. The molecule has 1 fully saturated rings. The van der Waals surface area contributed by atoms with E-state index < -0.39 is 0 Å². The fraction of sp³-hybridized carbons (Fsp3) is 1.00. The second kappa shape index (κ2) is 23.4. The van der Waals surface area contributed by atoms with Crippen molar-refractivity contribution in [1.82, 2.24) is 5.32 Å². The van der Waals surface area contributed by atoms with Gasteiger partial charge in [0.15, 0.2) is 0 Å². The van der Waals surface area contributed by atoms with E-state index in [2.05, 4.69) is 12.2 Å². The SMILES string of the molecule is CCCCCCCCCCCCCCCCCCC1(Cl)CCCCC1CCO.CNC. The molecule has 0 radical (unpaired) electrons. The predicted molar refractivity (Wildman–Crippen MR) is 141 cm³/mol. The van der Waals surface area contributed by atoms with Crippen LogP contribution >= 0.6 is 11.6 Å². The lowest BCUT2D eigenvalue weighted by atomic mass is 9.74. The largest absolute Gasteiger partial charge is 0.396 e. The van der Waals surface area contributed by atoms with Gasteiger partial charge in [0, 0.05) is 11.5 Å². The van der Waals surface area contributed by atoms with Gasteiger partial charge in [0.25, 0.3) is 0 Å². The lowest BCUT2D eigenvalue weighted by molar-refractivity contribution is 0.183. The van der Waals surface area contributed by atoms with Crippen molar-refractivity contribution in [2.45, 2.75) is 153 Å². The van der Waals surface area contributed by atoms with Crippen molar-refractivity contribution in [3.63, 3.8) is 0 Å². The monoisotopic (exact) mass is 459 g/mol. The Morgan fingerprint density at radius 1 is 0.742 bits per heavy atom. The molecular formula is C28H58ClNO. The number of aliphatic hydroxyl groups excluding tert-OH is 1. The zero-order valence-electron chi connectivity index (χ0n) is 21.7. The fourth-order valence-corrected chi connectivity index (χ4v) is 5.61. The molecule has 1 aliphatic rings. The van der Waals surface area contributed by atoms with E-state index in [1.54, 1.807) is 0 Å². The number of aliphatic hydroxyl groups is 1. The van der Waals surface area contributed by atoms with Gasteiger partial charge < -0.3 is 10.4 Å². The molecule has 0 amide bonds. The van der Waals surface area contributed by atoms with E-state index in [1.165, 1.54) is 122 Å². The van der Waals surface area contributed by atoms with Gasteiger partial charge in [0.05, 0.1) is 0 Å². The Kier molecular flexibility index (Phi) is 23.5. The molecule has 2 unspecified atom stereocenters. The maximum atomic E-state index is 9.30. The van der Waals surface area contributed by atoms with Crippen LogP contribution in [0.1, 0.15) is 148 Å². The molecule has 31 heavy (non-hydrogen) atoms. The Hall–Kier alpha value is 0.210. The molecular weight excluding hydrogens is 402 g/mol. The molecule has 0 bridgehead atoms. The van der Waals surface area contributed by atoms with E-state index >= 15 is 0 Å². The average molecular weight is 460 g/mol. The van der Waals surface area contributed by atoms with Gasteiger partial charge in [-0.05, 0) is 45.7 Å². The quantitative estimate of drug-likeness (QED) is 0.149. The number of halogens is 1. The van der Waals surface area contributed by atoms with Gasteiger partial charge in [0.2, 0.25) is 0 Å². The van der Waals surface area contributed by atoms with Gasteiger partial charge >= 0.3 is 0 Å². The lowest BCUT2D eigenvalue weighted by Crippen LogP contribution is -2.35. The second-order valence-corrected chi connectivity index (χ2v) is 10.8. The smallest absolute Gasteiger partial charge is 0.0475 e. The van der Waals surface area contributed by atoms with E-state index in [0.29, 0.717) is 12.5 Å². The molecule has 1 rings (SSSR count). The first kappa shape index (κ1) is 31.2. The summed E-state index contributed by atoms with van der Waals surface area (Å²) in [6.45, 7) is 2.60. The van der Waals surface area contributed by atoms with Crippen LogP contribution in [0.4, 0.5) is 0 Å². The predicted octanol–water partition coefficient (Wildman–Crippen LogP) is 9.02. The molecule has 0 spiro atoms. The van der Waals surface area contributed by atoms with Crippen LogP contribution in [0.2, 0.25) is 0 Å². The van der Waals surface area contributed by atoms with Gasteiger partial charge in [-0.25, -0.2) is 0 Å². The highest BCUT2D eigenvalue weighted by atomic mass is 35.5. The number of hydrogen-bond donors (Lipinski definition) is 2. The highest BCUT2D eigenvalue weighted by Crippen LogP contribution is 2.44. The van der Waals surface area contributed by atoms with Crippen LogP contribution in [-0.4, -0.2) is 30.7 Å². The lowest BCUT2D eigenvalue weighted by Gasteiger charge is -2.39. The van der Waals surface area contributed by atoms with Gasteiger partial charge in [-0.2, -0.15) is 0 Å². The van der Waals surface area contributed by atoms with Crippen LogP contribution in [0.15, 0.2) is 0 Å². The Bertz CT molecular complexity index is 350. The first-order valence-corrected chi connectivity index (χ1v) is 14.4. The first-order valence-electron chi connectivity index (χ1n) is 14.0. The molecule has 0 aromatic rings. The normalized spacial score (nSPS) is 21.0. The van der Waals surface area contributed by atoms with Crippen molar-refractivity contribution in [1.29, 1.82) is 0 Å². The summed E-state index contributed by atoms with van der Waals surface area (Å²) >= 11 is 6.97. The highest BCUT2D eigenvalue weighted by Gasteiger charge is 2.37. The number of nitrogens with one attached hydrogen (secondary N) is 1. The second-order valence-electron chi connectivity index (χ2n) is 10.0. The third-order valence-electron chi connectivity index (χ3n) is 7.05. The van der Waals surface area contributed by atoms with Crippen LogP contribution in [0.3, 0.4) is 0 Å². The van der Waals surface area contributed by atoms with Crippen molar-refractivity contribution >= 4 is 11.6 Å². The van der Waals surface area contributed by atoms with Crippen LogP contribution in [-0.2, 0) is 0 Å². The van der Waals surface area contributed by atoms with E-state index in [4.69, 9.17) is 11.6 Å².